The van der Waals surface area contributed by atoms with E-state index in [-0.39, 0.29) is 0 Å². The van der Waals surface area contributed by atoms with Crippen LogP contribution in [0.5, 0.6) is 0 Å². The van der Waals surface area contributed by atoms with E-state index in [4.69, 9.17) is 17.3 Å². The molecule has 2 rings (SSSR count). The van der Waals surface area contributed by atoms with Crippen LogP contribution >= 0.6 is 11.6 Å². The van der Waals surface area contributed by atoms with Gasteiger partial charge in [0.1, 0.15) is 16.8 Å². The number of nitrogen functional groups attached to an aromatic ring is 1. The third kappa shape index (κ3) is 2.12. The lowest BCUT2D eigenvalue weighted by atomic mass is 10.1. The van der Waals surface area contributed by atoms with Crippen molar-refractivity contribution in [1.82, 2.24) is 15.0 Å². The minimum absolute atomic E-state index is 0.370. The van der Waals surface area contributed by atoms with Gasteiger partial charge >= 0.3 is 0 Å². The summed E-state index contributed by atoms with van der Waals surface area (Å²) in [5, 5.41) is 0.370. The maximum atomic E-state index is 5.85. The summed E-state index contributed by atoms with van der Waals surface area (Å²) in [6.07, 6.45) is 1.77. The molecule has 0 aliphatic rings. The van der Waals surface area contributed by atoms with Crippen LogP contribution in [0.4, 0.5) is 5.82 Å². The molecule has 0 bridgehead atoms. The number of nitrogens with two attached hydrogens (primary N) is 1. The fourth-order valence-electron chi connectivity index (χ4n) is 1.54. The van der Waals surface area contributed by atoms with E-state index in [1.807, 2.05) is 13.8 Å². The van der Waals surface area contributed by atoms with Gasteiger partial charge in [-0.05, 0) is 31.5 Å². The molecule has 0 spiro atoms. The second-order valence-electron chi connectivity index (χ2n) is 3.52. The summed E-state index contributed by atoms with van der Waals surface area (Å²) in [5.41, 5.74) is 8.34. The first-order valence-corrected chi connectivity index (χ1v) is 5.18. The van der Waals surface area contributed by atoms with Gasteiger partial charge in [-0.2, -0.15) is 0 Å². The second-order valence-corrected chi connectivity index (χ2v) is 3.91. The summed E-state index contributed by atoms with van der Waals surface area (Å²) in [4.78, 5) is 12.4. The van der Waals surface area contributed by atoms with Crippen molar-refractivity contribution in [2.75, 3.05) is 5.73 Å². The zero-order valence-corrected chi connectivity index (χ0v) is 9.78. The number of aromatic nitrogens is 3. The second kappa shape index (κ2) is 4.06. The van der Waals surface area contributed by atoms with Crippen molar-refractivity contribution >= 4 is 17.4 Å². The van der Waals surface area contributed by atoms with Crippen LogP contribution in [0.1, 0.15) is 11.5 Å². The van der Waals surface area contributed by atoms with Gasteiger partial charge in [-0.3, -0.25) is 0 Å². The fraction of sp³-hybridized carbons (Fsp3) is 0.182. The first kappa shape index (κ1) is 10.8. The molecular weight excluding hydrogens is 224 g/mol. The Bertz CT molecular complexity index is 519. The summed E-state index contributed by atoms with van der Waals surface area (Å²) in [6, 6.07) is 3.51. The molecule has 0 aliphatic carbocycles. The number of aryl methyl sites for hydroxylation is 2. The van der Waals surface area contributed by atoms with Crippen molar-refractivity contribution in [3.05, 3.63) is 35.0 Å². The molecule has 0 aromatic carbocycles. The highest BCUT2D eigenvalue weighted by Gasteiger charge is 2.06. The number of anilines is 1. The van der Waals surface area contributed by atoms with Gasteiger partial charge in [0, 0.05) is 17.5 Å². The van der Waals surface area contributed by atoms with Gasteiger partial charge in [-0.15, -0.1) is 0 Å². The van der Waals surface area contributed by atoms with E-state index < -0.39 is 0 Å². The number of pyridine rings is 1. The Morgan fingerprint density at radius 2 is 1.94 bits per heavy atom. The van der Waals surface area contributed by atoms with Crippen LogP contribution in [-0.4, -0.2) is 15.0 Å². The highest BCUT2D eigenvalue weighted by atomic mass is 35.5. The smallest absolute Gasteiger partial charge is 0.132 e. The summed E-state index contributed by atoms with van der Waals surface area (Å²) < 4.78 is 0. The minimum Gasteiger partial charge on any atom is -0.384 e. The Morgan fingerprint density at radius 3 is 2.56 bits per heavy atom. The maximum Gasteiger partial charge on any atom is 0.132 e. The van der Waals surface area contributed by atoms with Crippen LogP contribution in [-0.2, 0) is 0 Å². The zero-order chi connectivity index (χ0) is 11.7. The quantitative estimate of drug-likeness (QED) is 0.770. The SMILES string of the molecule is Cc1ncc(-c2cc(N)nc(Cl)c2)c(C)n1. The number of halogens is 1. The van der Waals surface area contributed by atoms with E-state index >= 15 is 0 Å². The van der Waals surface area contributed by atoms with Crippen molar-refractivity contribution in [2.45, 2.75) is 13.8 Å². The van der Waals surface area contributed by atoms with E-state index in [1.165, 1.54) is 0 Å². The van der Waals surface area contributed by atoms with Crippen molar-refractivity contribution in [3.63, 3.8) is 0 Å². The third-order valence-corrected chi connectivity index (χ3v) is 2.42. The number of hydrogen-bond donors (Lipinski definition) is 1. The van der Waals surface area contributed by atoms with Gasteiger partial charge in [0.15, 0.2) is 0 Å². The largest absolute Gasteiger partial charge is 0.384 e. The molecule has 0 fully saturated rings. The molecular formula is C11H11ClN4. The van der Waals surface area contributed by atoms with Crippen LogP contribution in [0.15, 0.2) is 18.3 Å². The Hall–Kier alpha value is -1.68. The molecule has 2 aromatic heterocycles. The first-order chi connectivity index (χ1) is 7.56. The van der Waals surface area contributed by atoms with Gasteiger partial charge in [0.2, 0.25) is 0 Å². The van der Waals surface area contributed by atoms with Crippen LogP contribution in [0.2, 0.25) is 5.15 Å². The number of nitrogens with zero attached hydrogens (tertiary/aromatic N) is 3. The standard InChI is InChI=1S/C11H11ClN4/c1-6-9(5-14-7(2)15-6)8-3-10(12)16-11(13)4-8/h3-5H,1-2H3,(H2,13,16). The van der Waals surface area contributed by atoms with Crippen molar-refractivity contribution in [1.29, 1.82) is 0 Å². The number of hydrogen-bond acceptors (Lipinski definition) is 4. The highest BCUT2D eigenvalue weighted by molar-refractivity contribution is 6.29. The van der Waals surface area contributed by atoms with E-state index in [1.54, 1.807) is 18.3 Å². The molecule has 0 radical (unpaired) electrons. The van der Waals surface area contributed by atoms with Gasteiger partial charge < -0.3 is 5.73 Å². The predicted octanol–water partition coefficient (Wildman–Crippen LogP) is 2.39. The monoisotopic (exact) mass is 234 g/mol. The van der Waals surface area contributed by atoms with Crippen LogP contribution in [0.25, 0.3) is 11.1 Å². The van der Waals surface area contributed by atoms with Crippen LogP contribution < -0.4 is 5.73 Å². The molecule has 0 saturated heterocycles. The average Bonchev–Trinajstić information content (AvgIpc) is 2.15. The molecule has 2 heterocycles. The molecule has 4 nitrogen and oxygen atoms in total. The van der Waals surface area contributed by atoms with Gasteiger partial charge in [-0.25, -0.2) is 15.0 Å². The Kier molecular flexibility index (Phi) is 2.75. The molecule has 82 valence electrons. The highest BCUT2D eigenvalue weighted by Crippen LogP contribution is 2.25. The zero-order valence-electron chi connectivity index (χ0n) is 9.03. The lowest BCUT2D eigenvalue weighted by molar-refractivity contribution is 1.01. The lowest BCUT2D eigenvalue weighted by Crippen LogP contribution is -1.96. The summed E-state index contributed by atoms with van der Waals surface area (Å²) >= 11 is 5.85. The van der Waals surface area contributed by atoms with Gasteiger partial charge in [0.25, 0.3) is 0 Å². The summed E-state index contributed by atoms with van der Waals surface area (Å²) in [7, 11) is 0. The maximum absolute atomic E-state index is 5.85. The van der Waals surface area contributed by atoms with Crippen LogP contribution in [0, 0.1) is 13.8 Å². The molecule has 5 heteroatoms. The van der Waals surface area contributed by atoms with E-state index in [0.717, 1.165) is 22.6 Å². The van der Waals surface area contributed by atoms with Crippen LogP contribution in [0.3, 0.4) is 0 Å². The minimum atomic E-state index is 0.370. The lowest BCUT2D eigenvalue weighted by Gasteiger charge is -2.06. The van der Waals surface area contributed by atoms with Crippen molar-refractivity contribution in [3.8, 4) is 11.1 Å². The molecule has 16 heavy (non-hydrogen) atoms. The first-order valence-electron chi connectivity index (χ1n) is 4.80. The molecule has 2 N–H and O–H groups in total. The summed E-state index contributed by atoms with van der Waals surface area (Å²) in [5.74, 6) is 1.14. The molecule has 0 unspecified atom stereocenters. The topological polar surface area (TPSA) is 64.7 Å². The molecule has 0 saturated carbocycles. The Balaban J connectivity index is 2.58. The Morgan fingerprint density at radius 1 is 1.19 bits per heavy atom. The number of rotatable bonds is 1. The van der Waals surface area contributed by atoms with Crippen molar-refractivity contribution in [2.24, 2.45) is 0 Å². The fourth-order valence-corrected chi connectivity index (χ4v) is 1.75. The Labute approximate surface area is 98.5 Å². The van der Waals surface area contributed by atoms with Gasteiger partial charge in [-0.1, -0.05) is 11.6 Å². The normalized spacial score (nSPS) is 10.4. The summed E-state index contributed by atoms with van der Waals surface area (Å²) in [6.45, 7) is 3.78. The van der Waals surface area contributed by atoms with Crippen molar-refractivity contribution < 1.29 is 0 Å². The average molecular weight is 235 g/mol. The molecule has 0 atom stereocenters. The van der Waals surface area contributed by atoms with E-state index in [2.05, 4.69) is 15.0 Å². The van der Waals surface area contributed by atoms with E-state index in [9.17, 15) is 0 Å². The molecule has 0 aliphatic heterocycles. The third-order valence-electron chi connectivity index (χ3n) is 2.22. The molecule has 0 amide bonds. The van der Waals surface area contributed by atoms with E-state index in [0.29, 0.717) is 11.0 Å². The van der Waals surface area contributed by atoms with Gasteiger partial charge in [0.05, 0.1) is 0 Å². The predicted molar refractivity (Wildman–Crippen MR) is 64.2 cm³/mol. The molecule has 2 aromatic rings.